The Morgan fingerprint density at radius 1 is 1.19 bits per heavy atom. The molecular weight excluding hydrogens is 319 g/mol. The maximum atomic E-state index is 13.6. The summed E-state index contributed by atoms with van der Waals surface area (Å²) in [6.45, 7) is 1.16. The van der Waals surface area contributed by atoms with Crippen molar-refractivity contribution < 1.29 is 17.6 Å². The quantitative estimate of drug-likeness (QED) is 0.899. The topological polar surface area (TPSA) is 80.5 Å². The van der Waals surface area contributed by atoms with E-state index in [2.05, 4.69) is 0 Å². The van der Waals surface area contributed by atoms with Crippen LogP contribution in [-0.4, -0.2) is 32.3 Å². The number of carbonyl (C=O) groups excluding carboxylic acids is 1. The lowest BCUT2D eigenvalue weighted by Gasteiger charge is -2.21. The fourth-order valence-corrected chi connectivity index (χ4v) is 3.20. The zero-order valence-electron chi connectivity index (χ0n) is 11.3. The van der Waals surface area contributed by atoms with Crippen molar-refractivity contribution in [1.82, 2.24) is 4.90 Å². The number of benzene rings is 1. The van der Waals surface area contributed by atoms with E-state index in [9.17, 15) is 17.6 Å². The van der Waals surface area contributed by atoms with Crippen LogP contribution in [-0.2, 0) is 10.0 Å². The van der Waals surface area contributed by atoms with E-state index in [-0.39, 0.29) is 10.6 Å². The molecule has 1 fully saturated rings. The lowest BCUT2D eigenvalue weighted by molar-refractivity contribution is 0.0761. The summed E-state index contributed by atoms with van der Waals surface area (Å²) < 4.78 is 36.3. The van der Waals surface area contributed by atoms with E-state index in [1.807, 2.05) is 0 Å². The first-order valence-corrected chi connectivity index (χ1v) is 8.54. The number of nitrogens with zero attached hydrogens (tertiary/aromatic N) is 1. The Balaban J connectivity index is 2.40. The molecule has 8 heteroatoms. The van der Waals surface area contributed by atoms with Crippen LogP contribution in [0.25, 0.3) is 0 Å². The molecule has 0 radical (unpaired) electrons. The van der Waals surface area contributed by atoms with Gasteiger partial charge in [-0.3, -0.25) is 4.79 Å². The average Bonchev–Trinajstić information content (AvgIpc) is 2.65. The van der Waals surface area contributed by atoms with Gasteiger partial charge < -0.3 is 4.90 Å². The molecule has 1 aliphatic heterocycles. The van der Waals surface area contributed by atoms with E-state index in [1.165, 1.54) is 0 Å². The van der Waals surface area contributed by atoms with E-state index in [1.54, 1.807) is 4.90 Å². The molecule has 1 aliphatic rings. The van der Waals surface area contributed by atoms with Crippen molar-refractivity contribution in [2.24, 2.45) is 5.14 Å². The smallest absolute Gasteiger partial charge is 0.255 e. The highest BCUT2D eigenvalue weighted by molar-refractivity contribution is 7.89. The van der Waals surface area contributed by atoms with Crippen LogP contribution < -0.4 is 5.14 Å². The molecule has 2 rings (SSSR count). The lowest BCUT2D eigenvalue weighted by Crippen LogP contribution is -2.32. The lowest BCUT2D eigenvalue weighted by atomic mass is 10.2. The molecule has 1 amide bonds. The summed E-state index contributed by atoms with van der Waals surface area (Å²) in [6.07, 6.45) is 3.85. The van der Waals surface area contributed by atoms with Crippen molar-refractivity contribution in [3.63, 3.8) is 0 Å². The fourth-order valence-electron chi connectivity index (χ4n) is 2.36. The van der Waals surface area contributed by atoms with Gasteiger partial charge in [0.1, 0.15) is 10.7 Å². The minimum atomic E-state index is -4.25. The van der Waals surface area contributed by atoms with Gasteiger partial charge in [-0.2, -0.15) is 0 Å². The zero-order chi connectivity index (χ0) is 15.6. The number of nitrogens with two attached hydrogens (primary N) is 1. The highest BCUT2D eigenvalue weighted by Gasteiger charge is 2.24. The van der Waals surface area contributed by atoms with Gasteiger partial charge >= 0.3 is 0 Å². The molecule has 0 saturated carbocycles. The zero-order valence-corrected chi connectivity index (χ0v) is 12.9. The molecule has 1 saturated heterocycles. The van der Waals surface area contributed by atoms with Crippen LogP contribution in [0.4, 0.5) is 4.39 Å². The van der Waals surface area contributed by atoms with Gasteiger partial charge in [0, 0.05) is 13.1 Å². The largest absolute Gasteiger partial charge is 0.339 e. The minimum Gasteiger partial charge on any atom is -0.339 e. The van der Waals surface area contributed by atoms with Gasteiger partial charge in [0.25, 0.3) is 5.91 Å². The monoisotopic (exact) mass is 334 g/mol. The minimum absolute atomic E-state index is 0.0380. The van der Waals surface area contributed by atoms with Crippen molar-refractivity contribution in [1.29, 1.82) is 0 Å². The molecule has 2 N–H and O–H groups in total. The molecule has 1 aromatic rings. The van der Waals surface area contributed by atoms with Crippen LogP contribution in [0, 0.1) is 5.82 Å². The highest BCUT2D eigenvalue weighted by atomic mass is 35.5. The van der Waals surface area contributed by atoms with Gasteiger partial charge in [-0.25, -0.2) is 17.9 Å². The first kappa shape index (κ1) is 16.2. The van der Waals surface area contributed by atoms with E-state index in [0.717, 1.165) is 37.8 Å². The molecule has 0 aliphatic carbocycles. The second kappa shape index (κ2) is 6.29. The molecule has 1 aromatic carbocycles. The Morgan fingerprint density at radius 2 is 1.76 bits per heavy atom. The normalized spacial score (nSPS) is 16.6. The maximum absolute atomic E-state index is 13.6. The van der Waals surface area contributed by atoms with Crippen LogP contribution in [0.5, 0.6) is 0 Å². The standard InChI is InChI=1S/C13H16ClFN2O3S/c14-10-8-11(15)12(21(16,19)20)7-9(10)13(18)17-5-3-1-2-4-6-17/h7-8H,1-6H2,(H2,16,19,20). The average molecular weight is 335 g/mol. The second-order valence-electron chi connectivity index (χ2n) is 5.01. The first-order chi connectivity index (χ1) is 9.80. The summed E-state index contributed by atoms with van der Waals surface area (Å²) in [7, 11) is -4.25. The summed E-state index contributed by atoms with van der Waals surface area (Å²) in [5.41, 5.74) is -0.0380. The second-order valence-corrected chi connectivity index (χ2v) is 6.95. The molecule has 116 valence electrons. The number of likely N-dealkylation sites (tertiary alicyclic amines) is 1. The van der Waals surface area contributed by atoms with Gasteiger partial charge in [0.15, 0.2) is 0 Å². The number of primary sulfonamides is 1. The van der Waals surface area contributed by atoms with E-state index >= 15 is 0 Å². The Labute approximate surface area is 127 Å². The molecule has 0 aromatic heterocycles. The number of halogens is 2. The molecule has 5 nitrogen and oxygen atoms in total. The molecule has 0 atom stereocenters. The molecule has 0 spiro atoms. The molecule has 0 bridgehead atoms. The van der Waals surface area contributed by atoms with Gasteiger partial charge in [-0.1, -0.05) is 24.4 Å². The first-order valence-electron chi connectivity index (χ1n) is 6.62. The van der Waals surface area contributed by atoms with Crippen molar-refractivity contribution in [3.05, 3.63) is 28.5 Å². The summed E-state index contributed by atoms with van der Waals surface area (Å²) in [5.74, 6) is -1.46. The predicted molar refractivity (Wildman–Crippen MR) is 77.2 cm³/mol. The van der Waals surface area contributed by atoms with Gasteiger partial charge in [-0.05, 0) is 25.0 Å². The van der Waals surface area contributed by atoms with Crippen LogP contribution in [0.2, 0.25) is 5.02 Å². The number of hydrogen-bond donors (Lipinski definition) is 1. The fraction of sp³-hybridized carbons (Fsp3) is 0.462. The number of carbonyl (C=O) groups is 1. The van der Waals surface area contributed by atoms with Gasteiger partial charge in [-0.15, -0.1) is 0 Å². The molecular formula is C13H16ClFN2O3S. The summed E-state index contributed by atoms with van der Waals surface area (Å²) in [6, 6.07) is 1.73. The third-order valence-corrected chi connectivity index (χ3v) is 4.69. The van der Waals surface area contributed by atoms with Crippen LogP contribution in [0.3, 0.4) is 0 Å². The summed E-state index contributed by atoms with van der Waals surface area (Å²) >= 11 is 5.88. The third kappa shape index (κ3) is 3.72. The van der Waals surface area contributed by atoms with Crippen molar-refractivity contribution in [2.45, 2.75) is 30.6 Å². The van der Waals surface area contributed by atoms with Gasteiger partial charge in [0.2, 0.25) is 10.0 Å². The third-order valence-electron chi connectivity index (χ3n) is 3.45. The van der Waals surface area contributed by atoms with Crippen LogP contribution in [0.15, 0.2) is 17.0 Å². The van der Waals surface area contributed by atoms with E-state index < -0.39 is 26.6 Å². The van der Waals surface area contributed by atoms with Crippen molar-refractivity contribution in [2.75, 3.05) is 13.1 Å². The van der Waals surface area contributed by atoms with E-state index in [4.69, 9.17) is 16.7 Å². The maximum Gasteiger partial charge on any atom is 0.255 e. The number of rotatable bonds is 2. The molecule has 21 heavy (non-hydrogen) atoms. The Kier molecular flexibility index (Phi) is 4.85. The summed E-state index contributed by atoms with van der Waals surface area (Å²) in [4.78, 5) is 13.3. The molecule has 1 heterocycles. The van der Waals surface area contributed by atoms with Crippen molar-refractivity contribution >= 4 is 27.5 Å². The predicted octanol–water partition coefficient (Wildman–Crippen LogP) is 2.14. The SMILES string of the molecule is NS(=O)(=O)c1cc(C(=O)N2CCCCCC2)c(Cl)cc1F. The van der Waals surface area contributed by atoms with Crippen LogP contribution in [0.1, 0.15) is 36.0 Å². The Hall–Kier alpha value is -1.18. The summed E-state index contributed by atoms with van der Waals surface area (Å²) in [5, 5.41) is 4.83. The van der Waals surface area contributed by atoms with Gasteiger partial charge in [0.05, 0.1) is 10.6 Å². The Bertz CT molecular complexity index is 656. The Morgan fingerprint density at radius 3 is 2.29 bits per heavy atom. The number of sulfonamides is 1. The van der Waals surface area contributed by atoms with E-state index in [0.29, 0.717) is 13.1 Å². The number of amides is 1. The number of hydrogen-bond acceptors (Lipinski definition) is 3. The molecule has 0 unspecified atom stereocenters. The van der Waals surface area contributed by atoms with Crippen molar-refractivity contribution in [3.8, 4) is 0 Å². The highest BCUT2D eigenvalue weighted by Crippen LogP contribution is 2.25. The van der Waals surface area contributed by atoms with Crippen LogP contribution >= 0.6 is 11.6 Å².